The van der Waals surface area contributed by atoms with E-state index in [0.717, 1.165) is 32.8 Å². The fraction of sp³-hybridized carbons (Fsp3) is 0.600. The number of ether oxygens (including phenoxy) is 1. The Labute approximate surface area is 106 Å². The van der Waals surface area contributed by atoms with Gasteiger partial charge >= 0.3 is 0 Å². The van der Waals surface area contributed by atoms with Gasteiger partial charge in [0.25, 0.3) is 0 Å². The van der Waals surface area contributed by atoms with Gasteiger partial charge in [-0.15, -0.1) is 0 Å². The van der Waals surface area contributed by atoms with Crippen LogP contribution in [0, 0.1) is 13.8 Å². The number of benzene rings is 1. The highest BCUT2D eigenvalue weighted by Gasteiger charge is 2.01. The average Bonchev–Trinajstić information content (AvgIpc) is 2.32. The molecule has 0 atom stereocenters. The molecule has 0 spiro atoms. The van der Waals surface area contributed by atoms with Crippen molar-refractivity contribution < 1.29 is 4.74 Å². The first-order chi connectivity index (χ1) is 8.17. The van der Waals surface area contributed by atoms with Crippen molar-refractivity contribution >= 4 is 0 Å². The summed E-state index contributed by atoms with van der Waals surface area (Å²) in [4.78, 5) is 2.38. The number of likely N-dealkylation sites (N-methyl/N-ethyl adjacent to an activating group) is 1. The van der Waals surface area contributed by atoms with Crippen molar-refractivity contribution in [2.24, 2.45) is 0 Å². The molecule has 96 valence electrons. The zero-order chi connectivity index (χ0) is 12.7. The molecule has 0 radical (unpaired) electrons. The van der Waals surface area contributed by atoms with E-state index in [-0.39, 0.29) is 0 Å². The molecular weight excluding hydrogens is 210 g/mol. The van der Waals surface area contributed by atoms with Crippen molar-refractivity contribution in [3.63, 3.8) is 0 Å². The van der Waals surface area contributed by atoms with Crippen LogP contribution in [0.4, 0.5) is 0 Å². The molecule has 0 aromatic heterocycles. The van der Waals surface area contributed by atoms with E-state index in [2.05, 4.69) is 50.8 Å². The minimum atomic E-state index is 0.730. The molecular formula is C15H25NO. The lowest BCUT2D eigenvalue weighted by atomic mass is 10.1. The number of hydrogen-bond acceptors (Lipinski definition) is 2. The van der Waals surface area contributed by atoms with E-state index >= 15 is 0 Å². The normalized spacial score (nSPS) is 11.1. The maximum Gasteiger partial charge on any atom is 0.0720 e. The van der Waals surface area contributed by atoms with E-state index in [1.165, 1.54) is 16.7 Å². The van der Waals surface area contributed by atoms with Gasteiger partial charge in [-0.25, -0.2) is 0 Å². The first-order valence-corrected chi connectivity index (χ1v) is 6.53. The number of aryl methyl sites for hydroxylation is 2. The second-order valence-corrected chi connectivity index (χ2v) is 4.51. The molecule has 1 aromatic carbocycles. The lowest BCUT2D eigenvalue weighted by molar-refractivity contribution is 0.0953. The molecule has 1 aromatic rings. The third-order valence-corrected chi connectivity index (χ3v) is 3.20. The molecule has 0 aliphatic heterocycles. The van der Waals surface area contributed by atoms with E-state index in [1.807, 2.05) is 0 Å². The Hall–Kier alpha value is -0.860. The molecule has 2 heteroatoms. The highest BCUT2D eigenvalue weighted by atomic mass is 16.5. The molecule has 0 saturated heterocycles. The Morgan fingerprint density at radius 1 is 1.12 bits per heavy atom. The maximum atomic E-state index is 5.73. The summed E-state index contributed by atoms with van der Waals surface area (Å²) < 4.78 is 5.73. The highest BCUT2D eigenvalue weighted by Crippen LogP contribution is 2.11. The summed E-state index contributed by atoms with van der Waals surface area (Å²) in [6.45, 7) is 13.4. The van der Waals surface area contributed by atoms with E-state index in [1.54, 1.807) is 0 Å². The molecule has 0 heterocycles. The van der Waals surface area contributed by atoms with Gasteiger partial charge in [-0.3, -0.25) is 0 Å². The average molecular weight is 235 g/mol. The van der Waals surface area contributed by atoms with Crippen molar-refractivity contribution in [1.82, 2.24) is 4.90 Å². The van der Waals surface area contributed by atoms with Crippen LogP contribution in [-0.4, -0.2) is 31.1 Å². The summed E-state index contributed by atoms with van der Waals surface area (Å²) in [6, 6.07) is 6.53. The molecule has 0 unspecified atom stereocenters. The van der Waals surface area contributed by atoms with Gasteiger partial charge in [0.05, 0.1) is 13.2 Å². The lowest BCUT2D eigenvalue weighted by Crippen LogP contribution is -2.27. The molecule has 0 amide bonds. The second-order valence-electron chi connectivity index (χ2n) is 4.51. The number of rotatable bonds is 7. The van der Waals surface area contributed by atoms with E-state index < -0.39 is 0 Å². The van der Waals surface area contributed by atoms with Crippen LogP contribution in [0.15, 0.2) is 18.2 Å². The molecule has 0 aliphatic rings. The van der Waals surface area contributed by atoms with Crippen LogP contribution in [0.5, 0.6) is 0 Å². The number of hydrogen-bond donors (Lipinski definition) is 0. The molecule has 0 N–H and O–H groups in total. The van der Waals surface area contributed by atoms with Crippen molar-refractivity contribution in [2.45, 2.75) is 34.3 Å². The standard InChI is InChI=1S/C15H25NO/c1-5-16(6-2)9-10-17-12-15-8-7-13(3)11-14(15)4/h7-8,11H,5-6,9-10,12H2,1-4H3. The van der Waals surface area contributed by atoms with Crippen LogP contribution in [-0.2, 0) is 11.3 Å². The van der Waals surface area contributed by atoms with Crippen LogP contribution in [0.2, 0.25) is 0 Å². The largest absolute Gasteiger partial charge is 0.375 e. The van der Waals surface area contributed by atoms with Crippen molar-refractivity contribution in [1.29, 1.82) is 0 Å². The molecule has 1 rings (SSSR count). The van der Waals surface area contributed by atoms with Crippen molar-refractivity contribution in [3.8, 4) is 0 Å². The Kier molecular flexibility index (Phi) is 6.23. The third-order valence-electron chi connectivity index (χ3n) is 3.20. The quantitative estimate of drug-likeness (QED) is 0.673. The summed E-state index contributed by atoms with van der Waals surface area (Å²) in [5.74, 6) is 0. The van der Waals surface area contributed by atoms with Gasteiger partial charge in [-0.1, -0.05) is 37.6 Å². The van der Waals surface area contributed by atoms with Gasteiger partial charge in [0.15, 0.2) is 0 Å². The minimum absolute atomic E-state index is 0.730. The summed E-state index contributed by atoms with van der Waals surface area (Å²) in [5.41, 5.74) is 3.94. The fourth-order valence-corrected chi connectivity index (χ4v) is 1.92. The van der Waals surface area contributed by atoms with Crippen LogP contribution < -0.4 is 0 Å². The molecule has 0 aliphatic carbocycles. The predicted molar refractivity (Wildman–Crippen MR) is 73.4 cm³/mol. The monoisotopic (exact) mass is 235 g/mol. The molecule has 0 fully saturated rings. The van der Waals surface area contributed by atoms with Gasteiger partial charge in [0.1, 0.15) is 0 Å². The zero-order valence-corrected chi connectivity index (χ0v) is 11.6. The Balaban J connectivity index is 2.31. The maximum absolute atomic E-state index is 5.73. The Morgan fingerprint density at radius 3 is 2.41 bits per heavy atom. The van der Waals surface area contributed by atoms with Crippen LogP contribution >= 0.6 is 0 Å². The Bertz CT molecular complexity index is 332. The van der Waals surface area contributed by atoms with Gasteiger partial charge in [0.2, 0.25) is 0 Å². The first kappa shape index (κ1) is 14.2. The van der Waals surface area contributed by atoms with Gasteiger partial charge in [-0.2, -0.15) is 0 Å². The van der Waals surface area contributed by atoms with E-state index in [0.29, 0.717) is 0 Å². The lowest BCUT2D eigenvalue weighted by Gasteiger charge is -2.17. The SMILES string of the molecule is CCN(CC)CCOCc1ccc(C)cc1C. The summed E-state index contributed by atoms with van der Waals surface area (Å²) in [5, 5.41) is 0. The summed E-state index contributed by atoms with van der Waals surface area (Å²) in [6.07, 6.45) is 0. The van der Waals surface area contributed by atoms with E-state index in [4.69, 9.17) is 4.74 Å². The topological polar surface area (TPSA) is 12.5 Å². The van der Waals surface area contributed by atoms with Crippen LogP contribution in [0.1, 0.15) is 30.5 Å². The highest BCUT2D eigenvalue weighted by molar-refractivity contribution is 5.29. The molecule has 2 nitrogen and oxygen atoms in total. The molecule has 0 saturated carbocycles. The number of nitrogens with zero attached hydrogens (tertiary/aromatic N) is 1. The fourth-order valence-electron chi connectivity index (χ4n) is 1.92. The summed E-state index contributed by atoms with van der Waals surface area (Å²) >= 11 is 0. The predicted octanol–water partition coefficient (Wildman–Crippen LogP) is 3.16. The van der Waals surface area contributed by atoms with Crippen LogP contribution in [0.3, 0.4) is 0 Å². The van der Waals surface area contributed by atoms with Crippen molar-refractivity contribution in [3.05, 3.63) is 34.9 Å². The Morgan fingerprint density at radius 2 is 1.82 bits per heavy atom. The molecule has 17 heavy (non-hydrogen) atoms. The third kappa shape index (κ3) is 4.88. The van der Waals surface area contributed by atoms with Gasteiger partial charge < -0.3 is 9.64 Å². The first-order valence-electron chi connectivity index (χ1n) is 6.53. The van der Waals surface area contributed by atoms with Gasteiger partial charge in [0, 0.05) is 6.54 Å². The van der Waals surface area contributed by atoms with E-state index in [9.17, 15) is 0 Å². The van der Waals surface area contributed by atoms with Crippen LogP contribution in [0.25, 0.3) is 0 Å². The smallest absolute Gasteiger partial charge is 0.0720 e. The second kappa shape index (κ2) is 7.46. The summed E-state index contributed by atoms with van der Waals surface area (Å²) in [7, 11) is 0. The zero-order valence-electron chi connectivity index (χ0n) is 11.6. The van der Waals surface area contributed by atoms with Gasteiger partial charge in [-0.05, 0) is 38.1 Å². The minimum Gasteiger partial charge on any atom is -0.375 e. The van der Waals surface area contributed by atoms with Crippen molar-refractivity contribution in [2.75, 3.05) is 26.2 Å². The molecule has 0 bridgehead atoms.